The van der Waals surface area contributed by atoms with E-state index in [-0.39, 0.29) is 22.2 Å². The summed E-state index contributed by atoms with van der Waals surface area (Å²) >= 11 is 0. The molecule has 0 aliphatic carbocycles. The van der Waals surface area contributed by atoms with Gasteiger partial charge in [0.15, 0.2) is 0 Å². The zero-order valence-corrected chi connectivity index (χ0v) is 18.4. The first-order valence-corrected chi connectivity index (χ1v) is 10.0. The number of para-hydroxylation sites is 1. The van der Waals surface area contributed by atoms with E-state index in [0.29, 0.717) is 11.4 Å². The van der Waals surface area contributed by atoms with E-state index in [9.17, 15) is 14.9 Å². The number of hydrogen-bond donors (Lipinski definition) is 1. The fourth-order valence-corrected chi connectivity index (χ4v) is 3.29. The highest BCUT2D eigenvalue weighted by atomic mass is 16.2. The predicted molar refractivity (Wildman–Crippen MR) is 123 cm³/mol. The molecule has 0 aliphatic heterocycles. The third-order valence-electron chi connectivity index (χ3n) is 5.25. The van der Waals surface area contributed by atoms with Crippen LogP contribution in [0.5, 0.6) is 0 Å². The quantitative estimate of drug-likeness (QED) is 0.510. The normalized spacial score (nSPS) is 11.8. The number of carbonyl (C=O) groups excluding carboxylic acids is 1. The van der Waals surface area contributed by atoms with E-state index in [1.807, 2.05) is 60.7 Å². The van der Waals surface area contributed by atoms with E-state index >= 15 is 0 Å². The first kappa shape index (κ1) is 21.8. The Bertz CT molecular complexity index is 1230. The molecule has 0 radical (unpaired) electrons. The molecule has 0 saturated heterocycles. The summed E-state index contributed by atoms with van der Waals surface area (Å²) in [6.07, 6.45) is 1.52. The topological polar surface area (TPSA) is 79.8 Å². The molecule has 3 aromatic rings. The number of rotatable bonds is 4. The molecule has 0 fully saturated rings. The van der Waals surface area contributed by atoms with Gasteiger partial charge in [-0.2, -0.15) is 5.26 Å². The Kier molecular flexibility index (Phi) is 5.98. The van der Waals surface area contributed by atoms with Gasteiger partial charge in [0.2, 0.25) is 0 Å². The number of anilines is 1. The Balaban J connectivity index is 1.91. The lowest BCUT2D eigenvalue weighted by Gasteiger charge is -2.18. The van der Waals surface area contributed by atoms with Gasteiger partial charge in [0.1, 0.15) is 17.3 Å². The molecule has 1 amide bonds. The van der Waals surface area contributed by atoms with E-state index in [2.05, 4.69) is 26.1 Å². The molecule has 1 aromatic heterocycles. The molecular formula is C25H26N4O2. The van der Waals surface area contributed by atoms with Crippen LogP contribution in [0.4, 0.5) is 5.69 Å². The van der Waals surface area contributed by atoms with E-state index in [4.69, 9.17) is 0 Å². The van der Waals surface area contributed by atoms with Crippen LogP contribution >= 0.6 is 0 Å². The number of nitrogens with one attached hydrogen (secondary N) is 1. The molecule has 6 nitrogen and oxygen atoms in total. The van der Waals surface area contributed by atoms with Crippen molar-refractivity contribution in [2.45, 2.75) is 33.1 Å². The number of nitrogens with zero attached hydrogens (tertiary/aromatic N) is 3. The van der Waals surface area contributed by atoms with E-state index in [1.165, 1.54) is 10.8 Å². The van der Waals surface area contributed by atoms with Gasteiger partial charge >= 0.3 is 0 Å². The fraction of sp³-hybridized carbons (Fsp3) is 0.240. The second-order valence-corrected chi connectivity index (χ2v) is 8.43. The SMILES string of the molecule is Cc1c(NC(=O)C(C#N)=Cc2ccc(C(C)(C)C)cc2)c(=O)n(-c2ccccc2)n1C. The van der Waals surface area contributed by atoms with Crippen molar-refractivity contribution in [1.82, 2.24) is 9.36 Å². The summed E-state index contributed by atoms with van der Waals surface area (Å²) in [6, 6.07) is 18.8. The third kappa shape index (κ3) is 4.51. The molecule has 0 unspecified atom stereocenters. The van der Waals surface area contributed by atoms with Crippen molar-refractivity contribution in [3.8, 4) is 11.8 Å². The molecule has 1 N–H and O–H groups in total. The number of nitriles is 1. The maximum Gasteiger partial charge on any atom is 0.295 e. The first-order valence-electron chi connectivity index (χ1n) is 10.0. The van der Waals surface area contributed by atoms with Gasteiger partial charge in [-0.05, 0) is 41.7 Å². The number of aromatic nitrogens is 2. The molecule has 0 bridgehead atoms. The van der Waals surface area contributed by atoms with Crippen LogP contribution in [-0.4, -0.2) is 15.3 Å². The minimum atomic E-state index is -0.617. The summed E-state index contributed by atoms with van der Waals surface area (Å²) < 4.78 is 3.15. The first-order chi connectivity index (χ1) is 14.6. The summed E-state index contributed by atoms with van der Waals surface area (Å²) in [5.74, 6) is -0.617. The zero-order chi connectivity index (χ0) is 22.8. The lowest BCUT2D eigenvalue weighted by molar-refractivity contribution is -0.112. The Morgan fingerprint density at radius 1 is 1.06 bits per heavy atom. The minimum absolute atomic E-state index is 0.0150. The molecule has 1 heterocycles. The maximum absolute atomic E-state index is 13.0. The van der Waals surface area contributed by atoms with Gasteiger partial charge in [0.05, 0.1) is 11.4 Å². The zero-order valence-electron chi connectivity index (χ0n) is 18.4. The molecule has 6 heteroatoms. The second kappa shape index (κ2) is 8.49. The van der Waals surface area contributed by atoms with Crippen LogP contribution in [0.3, 0.4) is 0 Å². The van der Waals surface area contributed by atoms with Gasteiger partial charge in [-0.25, -0.2) is 4.68 Å². The minimum Gasteiger partial charge on any atom is -0.315 e. The Morgan fingerprint density at radius 2 is 1.68 bits per heavy atom. The highest BCUT2D eigenvalue weighted by Gasteiger charge is 2.20. The molecule has 3 rings (SSSR count). The summed E-state index contributed by atoms with van der Waals surface area (Å²) in [4.78, 5) is 25.7. The summed E-state index contributed by atoms with van der Waals surface area (Å²) in [5, 5.41) is 12.2. The van der Waals surface area contributed by atoms with Crippen LogP contribution in [0.15, 0.2) is 65.0 Å². The number of benzene rings is 2. The van der Waals surface area contributed by atoms with Crippen LogP contribution in [0.2, 0.25) is 0 Å². The molecule has 0 spiro atoms. The standard InChI is InChI=1S/C25H26N4O2/c1-17-22(24(31)29(28(17)5)21-9-7-6-8-10-21)27-23(30)19(16-26)15-18-11-13-20(14-12-18)25(2,3)4/h6-15H,1-5H3,(H,27,30). The van der Waals surface area contributed by atoms with Crippen LogP contribution < -0.4 is 10.9 Å². The van der Waals surface area contributed by atoms with Crippen molar-refractivity contribution in [3.63, 3.8) is 0 Å². The van der Waals surface area contributed by atoms with Gasteiger partial charge in [-0.15, -0.1) is 0 Å². The smallest absolute Gasteiger partial charge is 0.295 e. The predicted octanol–water partition coefficient (Wildman–Crippen LogP) is 4.33. The van der Waals surface area contributed by atoms with Crippen molar-refractivity contribution >= 4 is 17.7 Å². The van der Waals surface area contributed by atoms with Gasteiger partial charge in [-0.1, -0.05) is 63.2 Å². The van der Waals surface area contributed by atoms with E-state index in [1.54, 1.807) is 18.7 Å². The van der Waals surface area contributed by atoms with Crippen molar-refractivity contribution in [2.75, 3.05) is 5.32 Å². The van der Waals surface area contributed by atoms with Crippen LogP contribution in [0, 0.1) is 18.3 Å². The van der Waals surface area contributed by atoms with Crippen molar-refractivity contribution in [2.24, 2.45) is 7.05 Å². The summed E-state index contributed by atoms with van der Waals surface area (Å²) in [7, 11) is 1.75. The molecule has 2 aromatic carbocycles. The fourth-order valence-electron chi connectivity index (χ4n) is 3.29. The second-order valence-electron chi connectivity index (χ2n) is 8.43. The summed E-state index contributed by atoms with van der Waals surface area (Å²) in [5.41, 5.74) is 2.92. The average Bonchev–Trinajstić information content (AvgIpc) is 2.95. The van der Waals surface area contributed by atoms with E-state index in [0.717, 1.165) is 11.1 Å². The van der Waals surface area contributed by atoms with Crippen LogP contribution in [-0.2, 0) is 17.3 Å². The average molecular weight is 415 g/mol. The molecule has 0 atom stereocenters. The molecular weight excluding hydrogens is 388 g/mol. The van der Waals surface area contributed by atoms with Crippen LogP contribution in [0.1, 0.15) is 37.6 Å². The Morgan fingerprint density at radius 3 is 2.23 bits per heavy atom. The molecule has 158 valence electrons. The van der Waals surface area contributed by atoms with Gasteiger partial charge in [0, 0.05) is 7.05 Å². The van der Waals surface area contributed by atoms with Gasteiger partial charge in [0.25, 0.3) is 11.5 Å². The number of hydrogen-bond acceptors (Lipinski definition) is 3. The van der Waals surface area contributed by atoms with E-state index < -0.39 is 5.91 Å². The van der Waals surface area contributed by atoms with Crippen molar-refractivity contribution in [3.05, 3.63) is 87.3 Å². The molecule has 31 heavy (non-hydrogen) atoms. The summed E-state index contributed by atoms with van der Waals surface area (Å²) in [6.45, 7) is 8.11. The highest BCUT2D eigenvalue weighted by molar-refractivity contribution is 6.09. The monoisotopic (exact) mass is 414 g/mol. The third-order valence-corrected chi connectivity index (χ3v) is 5.25. The molecule has 0 saturated carbocycles. The highest BCUT2D eigenvalue weighted by Crippen LogP contribution is 2.23. The molecule has 0 aliphatic rings. The lowest BCUT2D eigenvalue weighted by atomic mass is 9.86. The van der Waals surface area contributed by atoms with Crippen molar-refractivity contribution in [1.29, 1.82) is 5.26 Å². The van der Waals surface area contributed by atoms with Gasteiger partial charge in [-0.3, -0.25) is 14.3 Å². The largest absolute Gasteiger partial charge is 0.315 e. The number of amides is 1. The maximum atomic E-state index is 13.0. The van der Waals surface area contributed by atoms with Crippen LogP contribution in [0.25, 0.3) is 11.8 Å². The van der Waals surface area contributed by atoms with Gasteiger partial charge < -0.3 is 5.32 Å². The number of carbonyl (C=O) groups is 1. The Hall–Kier alpha value is -3.85. The lowest BCUT2D eigenvalue weighted by Crippen LogP contribution is -2.23. The van der Waals surface area contributed by atoms with Crippen molar-refractivity contribution < 1.29 is 4.79 Å². The Labute approximate surface area is 182 Å².